The number of amidine groups is 1. The van der Waals surface area contributed by atoms with Crippen LogP contribution in [0.1, 0.15) is 19.3 Å². The van der Waals surface area contributed by atoms with Gasteiger partial charge in [0.15, 0.2) is 17.5 Å². The minimum atomic E-state index is -1.41. The first-order valence-corrected chi connectivity index (χ1v) is 5.85. The molecule has 1 aromatic carbocycles. The van der Waals surface area contributed by atoms with Crippen molar-refractivity contribution >= 4 is 17.4 Å². The third-order valence-electron chi connectivity index (χ3n) is 3.48. The van der Waals surface area contributed by atoms with Crippen LogP contribution in [0.2, 0.25) is 0 Å². The third-order valence-corrected chi connectivity index (χ3v) is 3.48. The van der Waals surface area contributed by atoms with Gasteiger partial charge >= 0.3 is 0 Å². The zero-order valence-corrected chi connectivity index (χ0v) is 10.3. The molecule has 0 saturated heterocycles. The molecular formula is C12H12F3N3O2. The zero-order chi connectivity index (χ0) is 14.9. The molecule has 0 bridgehead atoms. The fourth-order valence-electron chi connectivity index (χ4n) is 2.11. The summed E-state index contributed by atoms with van der Waals surface area (Å²) in [6.07, 6.45) is 1.30. The molecular weight excluding hydrogens is 275 g/mol. The second-order valence-electron chi connectivity index (χ2n) is 4.62. The highest BCUT2D eigenvalue weighted by Crippen LogP contribution is 2.42. The first-order valence-electron chi connectivity index (χ1n) is 5.85. The molecule has 5 nitrogen and oxygen atoms in total. The van der Waals surface area contributed by atoms with Crippen molar-refractivity contribution in [3.05, 3.63) is 29.6 Å². The number of halogens is 3. The summed E-state index contributed by atoms with van der Waals surface area (Å²) in [6, 6.07) is 1.03. The predicted octanol–water partition coefficient (Wildman–Crippen LogP) is 1.96. The van der Waals surface area contributed by atoms with Gasteiger partial charge in [-0.15, -0.1) is 0 Å². The summed E-state index contributed by atoms with van der Waals surface area (Å²) in [5, 5.41) is 13.6. The molecule has 8 heteroatoms. The summed E-state index contributed by atoms with van der Waals surface area (Å²) >= 11 is 0. The van der Waals surface area contributed by atoms with Gasteiger partial charge in [0.1, 0.15) is 11.2 Å². The van der Waals surface area contributed by atoms with Gasteiger partial charge in [0.2, 0.25) is 5.91 Å². The Morgan fingerprint density at radius 3 is 2.50 bits per heavy atom. The third kappa shape index (κ3) is 2.17. The maximum absolute atomic E-state index is 13.5. The number of carbonyl (C=O) groups is 1. The Morgan fingerprint density at radius 1 is 1.35 bits per heavy atom. The monoisotopic (exact) mass is 287 g/mol. The van der Waals surface area contributed by atoms with Crippen molar-refractivity contribution in [2.45, 2.75) is 19.3 Å². The van der Waals surface area contributed by atoms with Gasteiger partial charge in [-0.05, 0) is 12.8 Å². The Labute approximate surface area is 112 Å². The molecule has 1 amide bonds. The number of amides is 1. The summed E-state index contributed by atoms with van der Waals surface area (Å²) < 4.78 is 39.5. The van der Waals surface area contributed by atoms with E-state index in [0.717, 1.165) is 0 Å². The summed E-state index contributed by atoms with van der Waals surface area (Å²) in [6.45, 7) is 0. The Balaban J connectivity index is 2.28. The van der Waals surface area contributed by atoms with Crippen molar-refractivity contribution in [2.24, 2.45) is 16.3 Å². The van der Waals surface area contributed by atoms with Gasteiger partial charge in [0, 0.05) is 12.1 Å². The number of nitrogens with two attached hydrogens (primary N) is 1. The van der Waals surface area contributed by atoms with Crippen LogP contribution in [0, 0.1) is 22.9 Å². The standard InChI is InChI=1S/C12H12F3N3O2/c13-6-4-7(14)9(15)8(5-6)17-11(19)12(2-1-3-12)10(16)18-20/h4-5,20H,1-3H2,(H2,16,18)(H,17,19). The molecule has 0 aliphatic heterocycles. The zero-order valence-electron chi connectivity index (χ0n) is 10.3. The van der Waals surface area contributed by atoms with Crippen LogP contribution in [0.25, 0.3) is 0 Å². The van der Waals surface area contributed by atoms with E-state index in [0.29, 0.717) is 31.4 Å². The van der Waals surface area contributed by atoms with E-state index in [1.165, 1.54) is 0 Å². The van der Waals surface area contributed by atoms with Crippen LogP contribution in [0.5, 0.6) is 0 Å². The van der Waals surface area contributed by atoms with Crippen LogP contribution >= 0.6 is 0 Å². The van der Waals surface area contributed by atoms with Crippen molar-refractivity contribution in [2.75, 3.05) is 5.32 Å². The van der Waals surface area contributed by atoms with Crippen LogP contribution in [0.4, 0.5) is 18.9 Å². The molecule has 0 atom stereocenters. The van der Waals surface area contributed by atoms with Crippen molar-refractivity contribution < 1.29 is 23.2 Å². The quantitative estimate of drug-likeness (QED) is 0.261. The molecule has 1 saturated carbocycles. The Morgan fingerprint density at radius 2 is 2.00 bits per heavy atom. The highest BCUT2D eigenvalue weighted by molar-refractivity contribution is 6.12. The molecule has 0 radical (unpaired) electrons. The average molecular weight is 287 g/mol. The molecule has 0 aromatic heterocycles. The van der Waals surface area contributed by atoms with Crippen molar-refractivity contribution in [3.63, 3.8) is 0 Å². The number of hydrogen-bond donors (Lipinski definition) is 3. The van der Waals surface area contributed by atoms with Gasteiger partial charge in [0.05, 0.1) is 5.69 Å². The Hall–Kier alpha value is -2.25. The fourth-order valence-corrected chi connectivity index (χ4v) is 2.11. The van der Waals surface area contributed by atoms with Crippen LogP contribution < -0.4 is 11.1 Å². The molecule has 1 fully saturated rings. The van der Waals surface area contributed by atoms with Crippen LogP contribution in [0.15, 0.2) is 17.3 Å². The lowest BCUT2D eigenvalue weighted by molar-refractivity contribution is -0.125. The number of hydrogen-bond acceptors (Lipinski definition) is 3. The van der Waals surface area contributed by atoms with E-state index in [1.54, 1.807) is 0 Å². The van der Waals surface area contributed by atoms with Gasteiger partial charge in [0.25, 0.3) is 0 Å². The highest BCUT2D eigenvalue weighted by atomic mass is 19.2. The predicted molar refractivity (Wildman–Crippen MR) is 64.6 cm³/mol. The molecule has 2 rings (SSSR count). The van der Waals surface area contributed by atoms with E-state index in [4.69, 9.17) is 10.9 Å². The topological polar surface area (TPSA) is 87.7 Å². The summed E-state index contributed by atoms with van der Waals surface area (Å²) in [7, 11) is 0. The summed E-state index contributed by atoms with van der Waals surface area (Å²) in [5.41, 5.74) is 3.58. The van der Waals surface area contributed by atoms with Gasteiger partial charge < -0.3 is 16.3 Å². The highest BCUT2D eigenvalue weighted by Gasteiger charge is 2.48. The molecule has 4 N–H and O–H groups in total. The molecule has 1 aromatic rings. The molecule has 108 valence electrons. The lowest BCUT2D eigenvalue weighted by Crippen LogP contribution is -2.51. The van der Waals surface area contributed by atoms with E-state index in [2.05, 4.69) is 10.5 Å². The van der Waals surface area contributed by atoms with Crippen LogP contribution in [-0.4, -0.2) is 17.0 Å². The number of nitrogens with one attached hydrogen (secondary N) is 1. The molecule has 1 aliphatic carbocycles. The number of nitrogens with zero attached hydrogens (tertiary/aromatic N) is 1. The van der Waals surface area contributed by atoms with E-state index in [9.17, 15) is 18.0 Å². The minimum Gasteiger partial charge on any atom is -0.409 e. The smallest absolute Gasteiger partial charge is 0.238 e. The normalized spacial score (nSPS) is 17.4. The van der Waals surface area contributed by atoms with Gasteiger partial charge in [-0.1, -0.05) is 11.6 Å². The van der Waals surface area contributed by atoms with Gasteiger partial charge in [-0.2, -0.15) is 0 Å². The SMILES string of the molecule is N/C(=N/O)C1(C(=O)Nc2cc(F)cc(F)c2F)CCC1. The first kappa shape index (κ1) is 14.2. The molecule has 1 aliphatic rings. The van der Waals surface area contributed by atoms with Crippen LogP contribution in [-0.2, 0) is 4.79 Å². The second-order valence-corrected chi connectivity index (χ2v) is 4.62. The number of carbonyl (C=O) groups excluding carboxylic acids is 1. The number of anilines is 1. The average Bonchev–Trinajstić information content (AvgIpc) is 2.33. The largest absolute Gasteiger partial charge is 0.409 e. The Bertz CT molecular complexity index is 586. The lowest BCUT2D eigenvalue weighted by atomic mass is 9.67. The van der Waals surface area contributed by atoms with Crippen molar-refractivity contribution in [3.8, 4) is 0 Å². The van der Waals surface area contributed by atoms with E-state index in [1.807, 2.05) is 0 Å². The second kappa shape index (κ2) is 5.03. The van der Waals surface area contributed by atoms with Crippen molar-refractivity contribution in [1.82, 2.24) is 0 Å². The number of rotatable bonds is 3. The van der Waals surface area contributed by atoms with Crippen molar-refractivity contribution in [1.29, 1.82) is 0 Å². The van der Waals surface area contributed by atoms with Gasteiger partial charge in [-0.25, -0.2) is 13.2 Å². The fraction of sp³-hybridized carbons (Fsp3) is 0.333. The van der Waals surface area contributed by atoms with Crippen LogP contribution in [0.3, 0.4) is 0 Å². The number of benzene rings is 1. The Kier molecular flexibility index (Phi) is 3.56. The maximum atomic E-state index is 13.5. The first-order chi connectivity index (χ1) is 9.40. The number of oxime groups is 1. The minimum absolute atomic E-state index is 0.307. The summed E-state index contributed by atoms with van der Waals surface area (Å²) in [4.78, 5) is 12.1. The van der Waals surface area contributed by atoms with E-state index in [-0.39, 0.29) is 5.84 Å². The van der Waals surface area contributed by atoms with E-state index < -0.39 is 34.5 Å². The molecule has 0 spiro atoms. The summed E-state index contributed by atoms with van der Waals surface area (Å²) in [5.74, 6) is -4.87. The lowest BCUT2D eigenvalue weighted by Gasteiger charge is -2.38. The van der Waals surface area contributed by atoms with E-state index >= 15 is 0 Å². The van der Waals surface area contributed by atoms with Gasteiger partial charge in [-0.3, -0.25) is 4.79 Å². The molecule has 20 heavy (non-hydrogen) atoms. The molecule has 0 heterocycles. The molecule has 0 unspecified atom stereocenters. The maximum Gasteiger partial charge on any atom is 0.238 e.